The first-order valence-corrected chi connectivity index (χ1v) is 5.48. The van der Waals surface area contributed by atoms with Crippen molar-refractivity contribution in [3.63, 3.8) is 0 Å². The van der Waals surface area contributed by atoms with Gasteiger partial charge in [-0.3, -0.25) is 4.79 Å². The number of fused-ring (bicyclic) bond motifs is 1. The van der Waals surface area contributed by atoms with Gasteiger partial charge in [-0.2, -0.15) is 0 Å². The van der Waals surface area contributed by atoms with E-state index in [1.165, 1.54) is 18.2 Å². The van der Waals surface area contributed by atoms with Crippen LogP contribution in [0.15, 0.2) is 39.6 Å². The van der Waals surface area contributed by atoms with Crippen LogP contribution >= 0.6 is 0 Å². The minimum atomic E-state index is -0.542. The molecule has 0 bridgehead atoms. The average Bonchev–Trinajstić information content (AvgIpc) is 2.28. The average molecular weight is 244 g/mol. The molecule has 1 aromatic heterocycles. The fourth-order valence-corrected chi connectivity index (χ4v) is 1.85. The quantitative estimate of drug-likeness (QED) is 0.501. The van der Waals surface area contributed by atoms with Crippen LogP contribution in [0.1, 0.15) is 22.8 Å². The van der Waals surface area contributed by atoms with Gasteiger partial charge in [0.05, 0.1) is 0 Å². The third-order valence-corrected chi connectivity index (χ3v) is 2.66. The lowest BCUT2D eigenvalue weighted by atomic mass is 10.0. The number of benzene rings is 1. The van der Waals surface area contributed by atoms with Crippen LogP contribution in [0.3, 0.4) is 0 Å². The highest BCUT2D eigenvalue weighted by atomic mass is 16.4. The molecule has 1 aromatic carbocycles. The van der Waals surface area contributed by atoms with Crippen molar-refractivity contribution in [1.29, 1.82) is 0 Å². The smallest absolute Gasteiger partial charge is 0.336 e. The van der Waals surface area contributed by atoms with E-state index < -0.39 is 11.4 Å². The molecule has 4 nitrogen and oxygen atoms in total. The normalized spacial score (nSPS) is 11.2. The van der Waals surface area contributed by atoms with E-state index in [9.17, 15) is 14.7 Å². The van der Waals surface area contributed by atoms with E-state index in [4.69, 9.17) is 4.42 Å². The molecule has 0 aliphatic heterocycles. The van der Waals surface area contributed by atoms with Crippen molar-refractivity contribution in [2.75, 3.05) is 0 Å². The molecule has 0 fully saturated rings. The van der Waals surface area contributed by atoms with Gasteiger partial charge in [-0.25, -0.2) is 4.79 Å². The van der Waals surface area contributed by atoms with Crippen molar-refractivity contribution in [3.05, 3.63) is 51.9 Å². The SMILES string of the molecule is CC=CC(=O)c1c(O)ccc2c(C)cc(=O)oc12. The number of ketones is 1. The van der Waals surface area contributed by atoms with Crippen LogP contribution in [-0.4, -0.2) is 10.9 Å². The maximum Gasteiger partial charge on any atom is 0.336 e. The third kappa shape index (κ3) is 1.93. The number of aryl methyl sites for hydroxylation is 1. The van der Waals surface area contributed by atoms with Crippen molar-refractivity contribution in [1.82, 2.24) is 0 Å². The monoisotopic (exact) mass is 244 g/mol. The Morgan fingerprint density at radius 1 is 1.39 bits per heavy atom. The molecule has 0 radical (unpaired) electrons. The fraction of sp³-hybridized carbons (Fsp3) is 0.143. The zero-order valence-corrected chi connectivity index (χ0v) is 10.1. The van der Waals surface area contributed by atoms with Crippen LogP contribution in [0.2, 0.25) is 0 Å². The van der Waals surface area contributed by atoms with Gasteiger partial charge in [0.2, 0.25) is 0 Å². The summed E-state index contributed by atoms with van der Waals surface area (Å²) in [6, 6.07) is 4.39. The number of allylic oxidation sites excluding steroid dienone is 2. The van der Waals surface area contributed by atoms with Gasteiger partial charge in [0, 0.05) is 11.5 Å². The summed E-state index contributed by atoms with van der Waals surface area (Å²) < 4.78 is 5.05. The van der Waals surface area contributed by atoms with Gasteiger partial charge in [0.1, 0.15) is 11.3 Å². The highest BCUT2D eigenvalue weighted by molar-refractivity contribution is 6.14. The summed E-state index contributed by atoms with van der Waals surface area (Å²) >= 11 is 0. The first-order valence-electron chi connectivity index (χ1n) is 5.48. The summed E-state index contributed by atoms with van der Waals surface area (Å²) in [6.45, 7) is 3.45. The third-order valence-electron chi connectivity index (χ3n) is 2.66. The summed E-state index contributed by atoms with van der Waals surface area (Å²) in [5, 5.41) is 10.4. The lowest BCUT2D eigenvalue weighted by Crippen LogP contribution is -2.03. The molecule has 0 aliphatic carbocycles. The van der Waals surface area contributed by atoms with E-state index >= 15 is 0 Å². The van der Waals surface area contributed by atoms with E-state index in [2.05, 4.69) is 0 Å². The Labute approximate surface area is 103 Å². The number of phenolic OH excluding ortho intramolecular Hbond substituents is 1. The molecule has 4 heteroatoms. The Bertz CT molecular complexity index is 708. The molecule has 1 heterocycles. The lowest BCUT2D eigenvalue weighted by Gasteiger charge is -2.06. The first-order chi connectivity index (χ1) is 8.54. The molecule has 0 aliphatic rings. The number of hydrogen-bond donors (Lipinski definition) is 1. The zero-order valence-electron chi connectivity index (χ0n) is 10.1. The number of aromatic hydroxyl groups is 1. The van der Waals surface area contributed by atoms with Crippen LogP contribution in [0.5, 0.6) is 5.75 Å². The second-order valence-electron chi connectivity index (χ2n) is 3.95. The molecule has 2 rings (SSSR count). The van der Waals surface area contributed by atoms with Gasteiger partial charge in [-0.1, -0.05) is 6.08 Å². The van der Waals surface area contributed by atoms with E-state index in [0.717, 1.165) is 0 Å². The molecule has 0 spiro atoms. The minimum absolute atomic E-state index is 0.0198. The van der Waals surface area contributed by atoms with Gasteiger partial charge in [-0.05, 0) is 37.6 Å². The lowest BCUT2D eigenvalue weighted by molar-refractivity contribution is 0.104. The van der Waals surface area contributed by atoms with Crippen molar-refractivity contribution < 1.29 is 14.3 Å². The minimum Gasteiger partial charge on any atom is -0.507 e. The predicted octanol–water partition coefficient (Wildman–Crippen LogP) is 2.57. The van der Waals surface area contributed by atoms with Gasteiger partial charge in [-0.15, -0.1) is 0 Å². The maximum atomic E-state index is 11.9. The summed E-state index contributed by atoms with van der Waals surface area (Å²) in [4.78, 5) is 23.3. The zero-order chi connectivity index (χ0) is 13.3. The molecule has 0 atom stereocenters. The predicted molar refractivity (Wildman–Crippen MR) is 68.0 cm³/mol. The van der Waals surface area contributed by atoms with Gasteiger partial charge >= 0.3 is 5.63 Å². The largest absolute Gasteiger partial charge is 0.507 e. The number of carbonyl (C=O) groups excluding carboxylic acids is 1. The molecule has 1 N–H and O–H groups in total. The molecule has 0 saturated heterocycles. The Hall–Kier alpha value is -2.36. The molecular weight excluding hydrogens is 232 g/mol. The molecule has 18 heavy (non-hydrogen) atoms. The van der Waals surface area contributed by atoms with Crippen LogP contribution in [0.25, 0.3) is 11.0 Å². The molecular formula is C14H12O4. The van der Waals surface area contributed by atoms with Crippen molar-refractivity contribution in [2.45, 2.75) is 13.8 Å². The Kier molecular flexibility index (Phi) is 3.02. The van der Waals surface area contributed by atoms with Crippen molar-refractivity contribution in [2.24, 2.45) is 0 Å². The summed E-state index contributed by atoms with van der Waals surface area (Å²) in [6.07, 6.45) is 2.88. The van der Waals surface area contributed by atoms with Crippen LogP contribution in [0.4, 0.5) is 0 Å². The number of hydrogen-bond acceptors (Lipinski definition) is 4. The van der Waals surface area contributed by atoms with Gasteiger partial charge in [0.25, 0.3) is 0 Å². The van der Waals surface area contributed by atoms with Crippen LogP contribution in [0, 0.1) is 6.92 Å². The molecule has 0 saturated carbocycles. The van der Waals surface area contributed by atoms with E-state index in [1.54, 1.807) is 26.0 Å². The second kappa shape index (κ2) is 4.49. The molecule has 0 unspecified atom stereocenters. The van der Waals surface area contributed by atoms with Gasteiger partial charge in [0.15, 0.2) is 11.4 Å². The first kappa shape index (κ1) is 12.1. The topological polar surface area (TPSA) is 67.5 Å². The summed E-state index contributed by atoms with van der Waals surface area (Å²) in [5.41, 5.74) is 0.311. The standard InChI is InChI=1S/C14H12O4/c1-3-4-10(15)13-11(16)6-5-9-8(2)7-12(17)18-14(9)13/h3-7,16H,1-2H3. The summed E-state index contributed by atoms with van der Waals surface area (Å²) in [5.74, 6) is -0.589. The van der Waals surface area contributed by atoms with Gasteiger partial charge < -0.3 is 9.52 Å². The van der Waals surface area contributed by atoms with Crippen molar-refractivity contribution in [3.8, 4) is 5.75 Å². The molecule has 0 amide bonds. The Morgan fingerprint density at radius 2 is 2.11 bits per heavy atom. The van der Waals surface area contributed by atoms with E-state index in [-0.39, 0.29) is 16.9 Å². The summed E-state index contributed by atoms with van der Waals surface area (Å²) in [7, 11) is 0. The molecule has 92 valence electrons. The van der Waals surface area contributed by atoms with Crippen LogP contribution < -0.4 is 5.63 Å². The highest BCUT2D eigenvalue weighted by Gasteiger charge is 2.16. The molecule has 2 aromatic rings. The number of rotatable bonds is 2. The Balaban J connectivity index is 2.90. The Morgan fingerprint density at radius 3 is 2.78 bits per heavy atom. The van der Waals surface area contributed by atoms with Crippen LogP contribution in [-0.2, 0) is 0 Å². The maximum absolute atomic E-state index is 11.9. The van der Waals surface area contributed by atoms with E-state index in [0.29, 0.717) is 10.9 Å². The fourth-order valence-electron chi connectivity index (χ4n) is 1.85. The van der Waals surface area contributed by atoms with E-state index in [1.807, 2.05) is 0 Å². The van der Waals surface area contributed by atoms with Crippen molar-refractivity contribution >= 4 is 16.8 Å². The number of carbonyl (C=O) groups is 1. The second-order valence-corrected chi connectivity index (χ2v) is 3.95. The highest BCUT2D eigenvalue weighted by Crippen LogP contribution is 2.28. The number of phenols is 1.